The Morgan fingerprint density at radius 3 is 2.45 bits per heavy atom. The second-order valence-corrected chi connectivity index (χ2v) is 4.54. The maximum Gasteiger partial charge on any atom is 0.416 e. The standard InChI is InChI=1S/C15H15F3N2/c1-10-5-4-8-13(14(10)19)20-9-11-6-2-3-7-12(11)15(16,17)18/h2-8,20H,9,19H2,1H3. The number of benzene rings is 2. The first kappa shape index (κ1) is 14.2. The SMILES string of the molecule is Cc1cccc(NCc2ccccc2C(F)(F)F)c1N. The second-order valence-electron chi connectivity index (χ2n) is 4.54. The number of rotatable bonds is 3. The van der Waals surface area contributed by atoms with Gasteiger partial charge in [0.15, 0.2) is 0 Å². The van der Waals surface area contributed by atoms with Gasteiger partial charge in [-0.1, -0.05) is 30.3 Å². The summed E-state index contributed by atoms with van der Waals surface area (Å²) in [7, 11) is 0. The minimum atomic E-state index is -4.35. The molecule has 0 aliphatic rings. The van der Waals surface area contributed by atoms with Crippen LogP contribution in [0.4, 0.5) is 24.5 Å². The van der Waals surface area contributed by atoms with E-state index in [1.54, 1.807) is 12.1 Å². The van der Waals surface area contributed by atoms with E-state index in [4.69, 9.17) is 5.73 Å². The van der Waals surface area contributed by atoms with E-state index < -0.39 is 11.7 Å². The normalized spacial score (nSPS) is 11.4. The van der Waals surface area contributed by atoms with Gasteiger partial charge in [-0.3, -0.25) is 0 Å². The molecule has 0 fully saturated rings. The van der Waals surface area contributed by atoms with Crippen molar-refractivity contribution >= 4 is 11.4 Å². The molecular weight excluding hydrogens is 265 g/mol. The van der Waals surface area contributed by atoms with Crippen molar-refractivity contribution in [2.75, 3.05) is 11.1 Å². The number of para-hydroxylation sites is 1. The lowest BCUT2D eigenvalue weighted by Gasteiger charge is -2.15. The average molecular weight is 280 g/mol. The van der Waals surface area contributed by atoms with Crippen LogP contribution in [-0.4, -0.2) is 0 Å². The summed E-state index contributed by atoms with van der Waals surface area (Å²) in [5.74, 6) is 0. The number of halogens is 3. The fraction of sp³-hybridized carbons (Fsp3) is 0.200. The van der Waals surface area contributed by atoms with E-state index in [0.717, 1.165) is 11.6 Å². The Balaban J connectivity index is 2.22. The Hall–Kier alpha value is -2.17. The van der Waals surface area contributed by atoms with E-state index in [-0.39, 0.29) is 12.1 Å². The Morgan fingerprint density at radius 1 is 1.05 bits per heavy atom. The third kappa shape index (κ3) is 3.04. The number of nitrogen functional groups attached to an aromatic ring is 1. The predicted molar refractivity (Wildman–Crippen MR) is 74.4 cm³/mol. The smallest absolute Gasteiger partial charge is 0.397 e. The van der Waals surface area contributed by atoms with E-state index in [2.05, 4.69) is 5.32 Å². The molecule has 0 unspecified atom stereocenters. The molecule has 0 aliphatic heterocycles. The Labute approximate surface area is 115 Å². The molecule has 0 amide bonds. The predicted octanol–water partition coefficient (Wildman–Crippen LogP) is 4.21. The van der Waals surface area contributed by atoms with E-state index in [9.17, 15) is 13.2 Å². The van der Waals surface area contributed by atoms with Crippen molar-refractivity contribution in [3.8, 4) is 0 Å². The molecule has 2 nitrogen and oxygen atoms in total. The van der Waals surface area contributed by atoms with Crippen molar-refractivity contribution < 1.29 is 13.2 Å². The molecule has 0 saturated heterocycles. The van der Waals surface area contributed by atoms with Crippen molar-refractivity contribution in [2.45, 2.75) is 19.6 Å². The van der Waals surface area contributed by atoms with Gasteiger partial charge in [0.05, 0.1) is 16.9 Å². The molecule has 2 aromatic rings. The molecule has 0 heterocycles. The van der Waals surface area contributed by atoms with Gasteiger partial charge in [0.2, 0.25) is 0 Å². The van der Waals surface area contributed by atoms with Crippen LogP contribution >= 0.6 is 0 Å². The van der Waals surface area contributed by atoms with E-state index >= 15 is 0 Å². The van der Waals surface area contributed by atoms with Gasteiger partial charge in [-0.05, 0) is 30.2 Å². The molecule has 106 valence electrons. The number of nitrogens with two attached hydrogens (primary N) is 1. The molecule has 5 heteroatoms. The lowest BCUT2D eigenvalue weighted by molar-refractivity contribution is -0.138. The van der Waals surface area contributed by atoms with Crippen molar-refractivity contribution in [2.24, 2.45) is 0 Å². The maximum atomic E-state index is 12.9. The van der Waals surface area contributed by atoms with Crippen LogP contribution in [0, 0.1) is 6.92 Å². The molecule has 0 aromatic heterocycles. The summed E-state index contributed by atoms with van der Waals surface area (Å²) >= 11 is 0. The van der Waals surface area contributed by atoms with Crippen LogP contribution in [0.15, 0.2) is 42.5 Å². The molecule has 0 bridgehead atoms. The van der Waals surface area contributed by atoms with Gasteiger partial charge in [0.1, 0.15) is 0 Å². The fourth-order valence-corrected chi connectivity index (χ4v) is 1.98. The third-order valence-corrected chi connectivity index (χ3v) is 3.12. The lowest BCUT2D eigenvalue weighted by atomic mass is 10.1. The van der Waals surface area contributed by atoms with E-state index in [1.165, 1.54) is 12.1 Å². The Bertz CT molecular complexity index is 606. The molecule has 0 saturated carbocycles. The molecule has 0 aliphatic carbocycles. The fourth-order valence-electron chi connectivity index (χ4n) is 1.98. The monoisotopic (exact) mass is 280 g/mol. The molecule has 0 radical (unpaired) electrons. The number of aryl methyl sites for hydroxylation is 1. The number of anilines is 2. The van der Waals surface area contributed by atoms with Crippen LogP contribution < -0.4 is 11.1 Å². The first-order valence-corrected chi connectivity index (χ1v) is 6.13. The zero-order valence-corrected chi connectivity index (χ0v) is 11.0. The lowest BCUT2D eigenvalue weighted by Crippen LogP contribution is -2.12. The highest BCUT2D eigenvalue weighted by Gasteiger charge is 2.32. The van der Waals surface area contributed by atoms with Crippen molar-refractivity contribution in [1.29, 1.82) is 0 Å². The molecule has 20 heavy (non-hydrogen) atoms. The summed E-state index contributed by atoms with van der Waals surface area (Å²) in [6, 6.07) is 10.9. The summed E-state index contributed by atoms with van der Waals surface area (Å²) < 4.78 is 38.6. The number of alkyl halides is 3. The van der Waals surface area contributed by atoms with Gasteiger partial charge in [-0.15, -0.1) is 0 Å². The largest absolute Gasteiger partial charge is 0.416 e. The molecular formula is C15H15F3N2. The first-order valence-electron chi connectivity index (χ1n) is 6.13. The highest BCUT2D eigenvalue weighted by Crippen LogP contribution is 2.32. The highest BCUT2D eigenvalue weighted by atomic mass is 19.4. The van der Waals surface area contributed by atoms with Crippen LogP contribution in [0.2, 0.25) is 0 Å². The highest BCUT2D eigenvalue weighted by molar-refractivity contribution is 5.69. The van der Waals surface area contributed by atoms with Crippen LogP contribution in [0.25, 0.3) is 0 Å². The molecule has 2 rings (SSSR count). The van der Waals surface area contributed by atoms with Gasteiger partial charge in [0, 0.05) is 6.54 Å². The van der Waals surface area contributed by atoms with Crippen LogP contribution in [0.3, 0.4) is 0 Å². The van der Waals surface area contributed by atoms with Crippen LogP contribution in [-0.2, 0) is 12.7 Å². The summed E-state index contributed by atoms with van der Waals surface area (Å²) in [5, 5.41) is 2.96. The topological polar surface area (TPSA) is 38.0 Å². The quantitative estimate of drug-likeness (QED) is 0.827. The van der Waals surface area contributed by atoms with Crippen molar-refractivity contribution in [1.82, 2.24) is 0 Å². The van der Waals surface area contributed by atoms with Gasteiger partial charge in [-0.2, -0.15) is 13.2 Å². The van der Waals surface area contributed by atoms with E-state index in [1.807, 2.05) is 19.1 Å². The maximum absolute atomic E-state index is 12.9. The summed E-state index contributed by atoms with van der Waals surface area (Å²) in [5.41, 5.74) is 7.54. The minimum Gasteiger partial charge on any atom is -0.397 e. The zero-order chi connectivity index (χ0) is 14.8. The minimum absolute atomic E-state index is 0.0728. The van der Waals surface area contributed by atoms with Crippen molar-refractivity contribution in [3.63, 3.8) is 0 Å². The molecule has 0 spiro atoms. The Kier molecular flexibility index (Phi) is 3.88. The molecule has 0 atom stereocenters. The van der Waals surface area contributed by atoms with Gasteiger partial charge >= 0.3 is 6.18 Å². The summed E-state index contributed by atoms with van der Waals surface area (Å²) in [6.07, 6.45) is -4.35. The van der Waals surface area contributed by atoms with Gasteiger partial charge < -0.3 is 11.1 Å². The summed E-state index contributed by atoms with van der Waals surface area (Å²) in [4.78, 5) is 0. The average Bonchev–Trinajstić information content (AvgIpc) is 2.40. The zero-order valence-electron chi connectivity index (χ0n) is 11.0. The summed E-state index contributed by atoms with van der Waals surface area (Å²) in [6.45, 7) is 1.92. The van der Waals surface area contributed by atoms with E-state index in [0.29, 0.717) is 11.4 Å². The molecule has 3 N–H and O–H groups in total. The number of nitrogens with one attached hydrogen (secondary N) is 1. The van der Waals surface area contributed by atoms with Crippen molar-refractivity contribution in [3.05, 3.63) is 59.2 Å². The first-order chi connectivity index (χ1) is 9.39. The van der Waals surface area contributed by atoms with Gasteiger partial charge in [-0.25, -0.2) is 0 Å². The van der Waals surface area contributed by atoms with Crippen LogP contribution in [0.1, 0.15) is 16.7 Å². The second kappa shape index (κ2) is 5.45. The van der Waals surface area contributed by atoms with Gasteiger partial charge in [0.25, 0.3) is 0 Å². The third-order valence-electron chi connectivity index (χ3n) is 3.12. The Morgan fingerprint density at radius 2 is 1.75 bits per heavy atom. The molecule has 2 aromatic carbocycles. The number of hydrogen-bond acceptors (Lipinski definition) is 2. The van der Waals surface area contributed by atoms with Crippen LogP contribution in [0.5, 0.6) is 0 Å². The number of hydrogen-bond donors (Lipinski definition) is 2.